The Bertz CT molecular complexity index is 1550. The molecule has 0 atom stereocenters. The lowest BCUT2D eigenvalue weighted by molar-refractivity contribution is 0.389. The molecule has 4 aromatic rings. The van der Waals surface area contributed by atoms with Gasteiger partial charge in [-0.3, -0.25) is 0 Å². The molecule has 6 nitrogen and oxygen atoms in total. The van der Waals surface area contributed by atoms with Crippen molar-refractivity contribution in [2.75, 3.05) is 0 Å². The second-order valence-corrected chi connectivity index (χ2v) is 13.6. The number of sulfonamides is 2. The quantitative estimate of drug-likeness (QED) is 0.387. The minimum absolute atomic E-state index is 0.287. The van der Waals surface area contributed by atoms with Crippen molar-refractivity contribution < 1.29 is 16.8 Å². The molecule has 0 bridgehead atoms. The van der Waals surface area contributed by atoms with Crippen LogP contribution in [0.15, 0.2) is 82.6 Å². The molecule has 2 aliphatic rings. The Morgan fingerprint density at radius 2 is 0.750 bits per heavy atom. The third kappa shape index (κ3) is 3.67. The van der Waals surface area contributed by atoms with Crippen molar-refractivity contribution in [2.45, 2.75) is 49.8 Å². The van der Waals surface area contributed by atoms with E-state index in [2.05, 4.69) is 0 Å². The molecule has 0 amide bonds. The van der Waals surface area contributed by atoms with E-state index in [-0.39, 0.29) is 26.2 Å². The summed E-state index contributed by atoms with van der Waals surface area (Å²) in [6.07, 6.45) is 0. The van der Waals surface area contributed by atoms with Crippen LogP contribution in [0.1, 0.15) is 33.4 Å². The number of benzene rings is 4. The zero-order chi connectivity index (χ0) is 25.2. The Morgan fingerprint density at radius 3 is 1.03 bits per heavy atom. The van der Waals surface area contributed by atoms with E-state index in [1.165, 1.54) is 8.61 Å². The smallest absolute Gasteiger partial charge is 0.207 e. The van der Waals surface area contributed by atoms with E-state index in [4.69, 9.17) is 0 Å². The molecule has 0 radical (unpaired) electrons. The van der Waals surface area contributed by atoms with Gasteiger partial charge in [0.1, 0.15) is 0 Å². The van der Waals surface area contributed by atoms with E-state index in [9.17, 15) is 16.8 Å². The number of aryl methyl sites for hydroxylation is 2. The Morgan fingerprint density at radius 1 is 0.472 bits per heavy atom. The molecule has 2 heterocycles. The fourth-order valence-electron chi connectivity index (χ4n) is 5.25. The van der Waals surface area contributed by atoms with Crippen LogP contribution in [-0.2, 0) is 46.2 Å². The average Bonchev–Trinajstić information content (AvgIpc) is 2.87. The average molecular weight is 519 g/mol. The van der Waals surface area contributed by atoms with Crippen LogP contribution in [0.2, 0.25) is 0 Å². The number of hydrogen-bond donors (Lipinski definition) is 0. The van der Waals surface area contributed by atoms with E-state index >= 15 is 0 Å². The molecule has 0 saturated carbocycles. The summed E-state index contributed by atoms with van der Waals surface area (Å²) in [5, 5.41) is 2.13. The van der Waals surface area contributed by atoms with Gasteiger partial charge in [0.25, 0.3) is 0 Å². The van der Waals surface area contributed by atoms with Gasteiger partial charge < -0.3 is 0 Å². The van der Waals surface area contributed by atoms with Crippen molar-refractivity contribution >= 4 is 30.8 Å². The van der Waals surface area contributed by atoms with Gasteiger partial charge in [0.05, 0.1) is 9.79 Å². The lowest BCUT2D eigenvalue weighted by atomic mass is 9.88. The highest BCUT2D eigenvalue weighted by Crippen LogP contribution is 2.40. The van der Waals surface area contributed by atoms with Gasteiger partial charge in [-0.2, -0.15) is 8.61 Å². The second-order valence-electron chi connectivity index (χ2n) is 9.69. The Labute approximate surface area is 211 Å². The first-order chi connectivity index (χ1) is 17.1. The summed E-state index contributed by atoms with van der Waals surface area (Å²) in [5.74, 6) is 0. The minimum Gasteiger partial charge on any atom is -0.207 e. The van der Waals surface area contributed by atoms with Crippen molar-refractivity contribution in [2.24, 2.45) is 0 Å². The molecule has 0 unspecified atom stereocenters. The maximum atomic E-state index is 13.4. The fourth-order valence-corrected chi connectivity index (χ4v) is 8.04. The molecular formula is C28H26N2O4S2. The Kier molecular flexibility index (Phi) is 5.35. The van der Waals surface area contributed by atoms with Crippen LogP contribution in [-0.4, -0.2) is 25.4 Å². The highest BCUT2D eigenvalue weighted by atomic mass is 32.2. The zero-order valence-electron chi connectivity index (χ0n) is 20.1. The molecular weight excluding hydrogens is 492 g/mol. The van der Waals surface area contributed by atoms with E-state index < -0.39 is 20.0 Å². The van der Waals surface area contributed by atoms with Gasteiger partial charge in [0, 0.05) is 26.2 Å². The first-order valence-electron chi connectivity index (χ1n) is 11.8. The van der Waals surface area contributed by atoms with Crippen molar-refractivity contribution in [1.29, 1.82) is 0 Å². The largest absolute Gasteiger partial charge is 0.243 e. The predicted octanol–water partition coefficient (Wildman–Crippen LogP) is 4.87. The van der Waals surface area contributed by atoms with Crippen LogP contribution in [0.3, 0.4) is 0 Å². The zero-order valence-corrected chi connectivity index (χ0v) is 21.7. The van der Waals surface area contributed by atoms with Crippen molar-refractivity contribution in [3.63, 3.8) is 0 Å². The van der Waals surface area contributed by atoms with Crippen molar-refractivity contribution in [3.05, 3.63) is 106 Å². The monoisotopic (exact) mass is 518 g/mol. The van der Waals surface area contributed by atoms with Gasteiger partial charge in [0.2, 0.25) is 20.0 Å². The van der Waals surface area contributed by atoms with Crippen LogP contribution in [0.25, 0.3) is 10.8 Å². The third-order valence-electron chi connectivity index (χ3n) is 7.21. The van der Waals surface area contributed by atoms with Gasteiger partial charge in [-0.15, -0.1) is 0 Å². The van der Waals surface area contributed by atoms with E-state index in [0.717, 1.165) is 44.2 Å². The lowest BCUT2D eigenvalue weighted by Gasteiger charge is -2.33. The summed E-state index contributed by atoms with van der Waals surface area (Å²) >= 11 is 0. The molecule has 36 heavy (non-hydrogen) atoms. The number of nitrogens with zero attached hydrogens (tertiary/aromatic N) is 2. The van der Waals surface area contributed by atoms with Gasteiger partial charge in [-0.1, -0.05) is 59.7 Å². The molecule has 8 heteroatoms. The summed E-state index contributed by atoms with van der Waals surface area (Å²) in [6.45, 7) is 5.01. The second kappa shape index (κ2) is 8.24. The normalized spacial score (nSPS) is 16.4. The molecule has 0 spiro atoms. The van der Waals surface area contributed by atoms with Gasteiger partial charge in [-0.05, 0) is 71.1 Å². The SMILES string of the molecule is Cc1ccc(S(=O)(=O)N2Cc3ccc4c5c(ccc(c35)C2)CN(S(=O)(=O)c2ccc(C)cc2)C4)cc1. The van der Waals surface area contributed by atoms with E-state index in [1.54, 1.807) is 24.3 Å². The molecule has 4 aromatic carbocycles. The fraction of sp³-hybridized carbons (Fsp3) is 0.214. The summed E-state index contributed by atoms with van der Waals surface area (Å²) < 4.78 is 56.6. The first kappa shape index (κ1) is 23.4. The number of rotatable bonds is 4. The number of hydrogen-bond acceptors (Lipinski definition) is 4. The summed E-state index contributed by atoms with van der Waals surface area (Å²) in [4.78, 5) is 0.582. The van der Waals surface area contributed by atoms with E-state index in [1.807, 2.05) is 62.4 Å². The molecule has 0 fully saturated rings. The Balaban J connectivity index is 1.36. The van der Waals surface area contributed by atoms with Gasteiger partial charge >= 0.3 is 0 Å². The highest BCUT2D eigenvalue weighted by molar-refractivity contribution is 7.89. The minimum atomic E-state index is -3.65. The molecule has 0 aliphatic carbocycles. The van der Waals surface area contributed by atoms with Crippen LogP contribution < -0.4 is 0 Å². The van der Waals surface area contributed by atoms with Crippen LogP contribution in [0, 0.1) is 13.8 Å². The Hall–Kier alpha value is -3.04. The van der Waals surface area contributed by atoms with Crippen LogP contribution in [0.5, 0.6) is 0 Å². The summed E-state index contributed by atoms with van der Waals surface area (Å²) in [7, 11) is -7.29. The molecule has 2 aliphatic heterocycles. The van der Waals surface area contributed by atoms with Gasteiger partial charge in [-0.25, -0.2) is 16.8 Å². The molecule has 0 aromatic heterocycles. The summed E-state index contributed by atoms with van der Waals surface area (Å²) in [6, 6.07) is 21.7. The third-order valence-corrected chi connectivity index (χ3v) is 10.8. The van der Waals surface area contributed by atoms with Crippen molar-refractivity contribution in [1.82, 2.24) is 8.61 Å². The summed E-state index contributed by atoms with van der Waals surface area (Å²) in [5.41, 5.74) is 5.81. The highest BCUT2D eigenvalue weighted by Gasteiger charge is 2.34. The van der Waals surface area contributed by atoms with E-state index in [0.29, 0.717) is 9.79 Å². The van der Waals surface area contributed by atoms with Gasteiger partial charge in [0.15, 0.2) is 0 Å². The molecule has 0 N–H and O–H groups in total. The maximum Gasteiger partial charge on any atom is 0.243 e. The predicted molar refractivity (Wildman–Crippen MR) is 139 cm³/mol. The molecule has 184 valence electrons. The first-order valence-corrected chi connectivity index (χ1v) is 14.7. The van der Waals surface area contributed by atoms with Crippen LogP contribution in [0.4, 0.5) is 0 Å². The lowest BCUT2D eigenvalue weighted by Crippen LogP contribution is -2.35. The van der Waals surface area contributed by atoms with Crippen molar-refractivity contribution in [3.8, 4) is 0 Å². The standard InChI is InChI=1S/C28H26N2O4S2/c1-19-3-11-25(12-4-19)35(31,32)29-15-21-7-9-23-17-30(36(33,34)26-13-5-20(2)6-14-26)18-24-10-8-22(16-29)27(21)28(23)24/h3-14H,15-18H2,1-2H3. The van der Waals surface area contributed by atoms with Crippen LogP contribution >= 0.6 is 0 Å². The topological polar surface area (TPSA) is 74.8 Å². The molecule has 6 rings (SSSR count). The molecule has 0 saturated heterocycles. The maximum absolute atomic E-state index is 13.4.